The van der Waals surface area contributed by atoms with Gasteiger partial charge in [0.1, 0.15) is 0 Å². The minimum atomic E-state index is -0.472. The van der Waals surface area contributed by atoms with Crippen LogP contribution in [0.2, 0.25) is 0 Å². The van der Waals surface area contributed by atoms with E-state index in [2.05, 4.69) is 44.8 Å². The zero-order chi connectivity index (χ0) is 12.7. The molecule has 0 aromatic heterocycles. The first kappa shape index (κ1) is 21.3. The Labute approximate surface area is 111 Å². The predicted molar refractivity (Wildman–Crippen MR) is 79.3 cm³/mol. The van der Waals surface area contributed by atoms with Crippen LogP contribution in [0.4, 0.5) is 0 Å². The molecule has 0 bridgehead atoms. The van der Waals surface area contributed by atoms with E-state index in [-0.39, 0.29) is 0 Å². The van der Waals surface area contributed by atoms with E-state index in [9.17, 15) is 0 Å². The van der Waals surface area contributed by atoms with Crippen LogP contribution < -0.4 is 0 Å². The Bertz CT molecular complexity index is 75.2. The number of aliphatic hydroxyl groups excluding tert-OH is 2. The number of unbranched alkanes of at least 4 members (excludes halogenated alkanes) is 3. The van der Waals surface area contributed by atoms with Gasteiger partial charge in [0, 0.05) is 0 Å². The summed E-state index contributed by atoms with van der Waals surface area (Å²) in [5.74, 6) is 1.06. The number of rotatable bonds is 4. The first-order valence-corrected chi connectivity index (χ1v) is 6.88. The Morgan fingerprint density at radius 3 is 1.47 bits per heavy atom. The average Bonchev–Trinajstić information content (AvgIpc) is 2.03. The van der Waals surface area contributed by atoms with E-state index in [1.165, 1.54) is 25.7 Å². The topological polar surface area (TPSA) is 40.5 Å². The molecule has 15 heavy (non-hydrogen) atoms. The van der Waals surface area contributed by atoms with E-state index in [1.807, 2.05) is 0 Å². The Morgan fingerprint density at radius 2 is 1.27 bits per heavy atom. The maximum absolute atomic E-state index is 7.92. The summed E-state index contributed by atoms with van der Waals surface area (Å²) in [6, 6.07) is 0. The second-order valence-corrected chi connectivity index (χ2v) is 4.99. The van der Waals surface area contributed by atoms with E-state index in [4.69, 9.17) is 10.2 Å². The monoisotopic (exact) mass is 274 g/mol. The molecule has 0 aromatic carbocycles. The lowest BCUT2D eigenvalue weighted by atomic mass is 10.2. The molecule has 0 radical (unpaired) electrons. The van der Waals surface area contributed by atoms with Gasteiger partial charge in [0.25, 0.3) is 0 Å². The zero-order valence-corrected chi connectivity index (χ0v) is 12.6. The van der Waals surface area contributed by atoms with Crippen LogP contribution in [0.1, 0.15) is 46.5 Å². The molecule has 2 N–H and O–H groups in total. The standard InChI is InChI=1S/C6H14S.2C2H6OS/c1-2-3-4-5-6-7;2*1-2(3)4/h7H,2-6H2,1H3;2*2-4H,1H3. The molecule has 0 saturated heterocycles. The molecule has 2 unspecified atom stereocenters. The maximum atomic E-state index is 7.92. The maximum Gasteiger partial charge on any atom is 0.0936 e. The van der Waals surface area contributed by atoms with Gasteiger partial charge < -0.3 is 10.2 Å². The van der Waals surface area contributed by atoms with Crippen LogP contribution in [-0.4, -0.2) is 26.8 Å². The van der Waals surface area contributed by atoms with Gasteiger partial charge in [-0.05, 0) is 26.0 Å². The number of aliphatic hydroxyl groups is 2. The van der Waals surface area contributed by atoms with Gasteiger partial charge in [0.2, 0.25) is 0 Å². The Balaban J connectivity index is -0.000000155. The molecular weight excluding hydrogens is 248 g/mol. The smallest absolute Gasteiger partial charge is 0.0936 e. The van der Waals surface area contributed by atoms with Crippen molar-refractivity contribution in [3.63, 3.8) is 0 Å². The van der Waals surface area contributed by atoms with E-state index in [0.717, 1.165) is 5.75 Å². The Hall–Kier alpha value is 0.970. The summed E-state index contributed by atoms with van der Waals surface area (Å²) in [4.78, 5) is 0. The molecule has 0 aliphatic heterocycles. The highest BCUT2D eigenvalue weighted by Gasteiger charge is 1.80. The second kappa shape index (κ2) is 20.4. The van der Waals surface area contributed by atoms with Gasteiger partial charge in [0.15, 0.2) is 0 Å². The summed E-state index contributed by atoms with van der Waals surface area (Å²) in [5, 5.41) is 15.8. The van der Waals surface area contributed by atoms with Crippen LogP contribution in [0.25, 0.3) is 0 Å². The molecule has 0 rings (SSSR count). The molecule has 0 saturated carbocycles. The highest BCUT2D eigenvalue weighted by atomic mass is 32.1. The Morgan fingerprint density at radius 1 is 0.933 bits per heavy atom. The van der Waals surface area contributed by atoms with Crippen LogP contribution >= 0.6 is 37.9 Å². The molecule has 2 nitrogen and oxygen atoms in total. The molecule has 0 aliphatic rings. The van der Waals surface area contributed by atoms with Crippen molar-refractivity contribution in [1.82, 2.24) is 0 Å². The average molecular weight is 275 g/mol. The van der Waals surface area contributed by atoms with E-state index < -0.39 is 10.9 Å². The molecule has 0 amide bonds. The lowest BCUT2D eigenvalue weighted by Crippen LogP contribution is -1.79. The van der Waals surface area contributed by atoms with E-state index in [1.54, 1.807) is 13.8 Å². The van der Waals surface area contributed by atoms with Gasteiger partial charge >= 0.3 is 0 Å². The van der Waals surface area contributed by atoms with Gasteiger partial charge in [-0.15, -0.1) is 25.3 Å². The van der Waals surface area contributed by atoms with E-state index in [0.29, 0.717) is 0 Å². The lowest BCUT2D eigenvalue weighted by Gasteiger charge is -1.90. The molecule has 5 heteroatoms. The third-order valence-electron chi connectivity index (χ3n) is 1.01. The molecule has 0 aliphatic carbocycles. The van der Waals surface area contributed by atoms with Gasteiger partial charge in [-0.25, -0.2) is 0 Å². The van der Waals surface area contributed by atoms with Crippen LogP contribution in [0.5, 0.6) is 0 Å². The fourth-order valence-corrected chi connectivity index (χ4v) is 0.762. The first-order chi connectivity index (χ1) is 6.88. The normalized spacial score (nSPS) is 12.8. The summed E-state index contributed by atoms with van der Waals surface area (Å²) in [6.45, 7) is 5.39. The fourth-order valence-electron chi connectivity index (χ4n) is 0.539. The van der Waals surface area contributed by atoms with Crippen molar-refractivity contribution in [2.24, 2.45) is 0 Å². The van der Waals surface area contributed by atoms with Crippen molar-refractivity contribution in [3.05, 3.63) is 0 Å². The van der Waals surface area contributed by atoms with Crippen molar-refractivity contribution >= 4 is 37.9 Å². The molecule has 96 valence electrons. The highest BCUT2D eigenvalue weighted by Crippen LogP contribution is 1.98. The zero-order valence-electron chi connectivity index (χ0n) is 9.93. The van der Waals surface area contributed by atoms with Crippen LogP contribution in [0.3, 0.4) is 0 Å². The summed E-state index contributed by atoms with van der Waals surface area (Å²) in [6.07, 6.45) is 5.35. The van der Waals surface area contributed by atoms with Crippen molar-refractivity contribution < 1.29 is 10.2 Å². The predicted octanol–water partition coefficient (Wildman–Crippen LogP) is 3.01. The van der Waals surface area contributed by atoms with Gasteiger partial charge in [-0.2, -0.15) is 12.6 Å². The molecular formula is C10H26O2S3. The number of hydrogen-bond donors (Lipinski definition) is 5. The quantitative estimate of drug-likeness (QED) is 0.311. The Kier molecular flexibility index (Phi) is 28.9. The molecule has 0 heterocycles. The van der Waals surface area contributed by atoms with Crippen LogP contribution in [0.15, 0.2) is 0 Å². The molecule has 0 spiro atoms. The molecule has 0 fully saturated rings. The third-order valence-corrected chi connectivity index (χ3v) is 1.33. The van der Waals surface area contributed by atoms with Crippen LogP contribution in [0, 0.1) is 0 Å². The highest BCUT2D eigenvalue weighted by molar-refractivity contribution is 7.80. The third kappa shape index (κ3) is 102. The summed E-state index contributed by atoms with van der Waals surface area (Å²) >= 11 is 11.1. The molecule has 2 atom stereocenters. The van der Waals surface area contributed by atoms with Gasteiger partial charge in [-0.1, -0.05) is 26.2 Å². The summed E-state index contributed by atoms with van der Waals surface area (Å²) in [7, 11) is 0. The van der Waals surface area contributed by atoms with Gasteiger partial charge in [-0.3, -0.25) is 0 Å². The number of hydrogen-bond acceptors (Lipinski definition) is 5. The van der Waals surface area contributed by atoms with Crippen molar-refractivity contribution in [2.45, 2.75) is 57.3 Å². The van der Waals surface area contributed by atoms with Crippen molar-refractivity contribution in [2.75, 3.05) is 5.75 Å². The first-order valence-electron chi connectivity index (χ1n) is 5.21. The summed E-state index contributed by atoms with van der Waals surface area (Å²) < 4.78 is 0. The summed E-state index contributed by atoms with van der Waals surface area (Å²) in [5.41, 5.74) is -0.944. The van der Waals surface area contributed by atoms with Gasteiger partial charge in [0.05, 0.1) is 10.9 Å². The largest absolute Gasteiger partial charge is 0.383 e. The lowest BCUT2D eigenvalue weighted by molar-refractivity contribution is 0.286. The minimum absolute atomic E-state index is 0.472. The minimum Gasteiger partial charge on any atom is -0.383 e. The number of thiol groups is 3. The second-order valence-electron chi connectivity index (χ2n) is 3.05. The SMILES string of the molecule is CC(O)S.CC(O)S.CCCCCCS. The molecule has 0 aromatic rings. The van der Waals surface area contributed by atoms with E-state index >= 15 is 0 Å². The fraction of sp³-hybridized carbons (Fsp3) is 1.00. The van der Waals surface area contributed by atoms with Crippen molar-refractivity contribution in [1.29, 1.82) is 0 Å². The van der Waals surface area contributed by atoms with Crippen molar-refractivity contribution in [3.8, 4) is 0 Å². The van der Waals surface area contributed by atoms with Crippen LogP contribution in [-0.2, 0) is 0 Å².